The largest absolute Gasteiger partial charge is 0.506 e. The van der Waals surface area contributed by atoms with Crippen LogP contribution in [0.5, 0.6) is 5.75 Å². The van der Waals surface area contributed by atoms with Crippen LogP contribution < -0.4 is 10.3 Å². The Balaban J connectivity index is 2.09. The number of carbonyl (C=O) groups excluding carboxylic acids is 1. The van der Waals surface area contributed by atoms with Crippen LogP contribution in [0.25, 0.3) is 10.4 Å². The number of nitrogens with zero attached hydrogens (tertiary/aromatic N) is 2. The van der Waals surface area contributed by atoms with Crippen LogP contribution in [0, 0.1) is 5.92 Å². The van der Waals surface area contributed by atoms with Crippen molar-refractivity contribution in [3.8, 4) is 5.75 Å². The van der Waals surface area contributed by atoms with Crippen LogP contribution in [0.1, 0.15) is 25.0 Å². The Morgan fingerprint density at radius 1 is 1.22 bits per heavy atom. The summed E-state index contributed by atoms with van der Waals surface area (Å²) in [5.74, 6) is -0.698. The lowest BCUT2D eigenvalue weighted by atomic mass is 10.1. The van der Waals surface area contributed by atoms with E-state index in [9.17, 15) is 23.1 Å². The maximum atomic E-state index is 12.4. The lowest BCUT2D eigenvalue weighted by molar-refractivity contribution is -0.114. The molecule has 3 rings (SSSR count). The number of hydrogen-bond acceptors (Lipinski definition) is 6. The molecule has 1 aliphatic rings. The average Bonchev–Trinajstić information content (AvgIpc) is 2.79. The van der Waals surface area contributed by atoms with Gasteiger partial charge in [0.1, 0.15) is 10.7 Å². The number of pyridine rings is 2. The van der Waals surface area contributed by atoms with E-state index in [2.05, 4.69) is 18.7 Å². The number of aromatic nitrogens is 1. The van der Waals surface area contributed by atoms with E-state index in [1.54, 1.807) is 6.07 Å². The Hall–Kier alpha value is -2.65. The van der Waals surface area contributed by atoms with Crippen molar-refractivity contribution in [1.82, 2.24) is 14.0 Å². The normalized spacial score (nSPS) is 16.2. The van der Waals surface area contributed by atoms with Crippen molar-refractivity contribution in [3.63, 3.8) is 0 Å². The third-order valence-corrected chi connectivity index (χ3v) is 5.55. The van der Waals surface area contributed by atoms with Gasteiger partial charge in [-0.1, -0.05) is 13.8 Å². The Morgan fingerprint density at radius 2 is 1.93 bits per heavy atom. The molecule has 0 unspecified atom stereocenters. The van der Waals surface area contributed by atoms with Gasteiger partial charge < -0.3 is 10.0 Å². The smallest absolute Gasteiger partial charge is 0.265 e. The standard InChI is InChI=1S/C18H21N3O5S/c1-11(2)8-20(3)9-12-4-13-6-14(15(22)10-21(13)18(24)5-12)16-7-17(23)19-27(16,25)26/h4-7,10-11,22H,8-9H2,1-3H3,(H,19,23). The van der Waals surface area contributed by atoms with Crippen LogP contribution in [0.15, 0.2) is 35.3 Å². The van der Waals surface area contributed by atoms with Crippen molar-refractivity contribution in [2.45, 2.75) is 20.4 Å². The van der Waals surface area contributed by atoms with Gasteiger partial charge in [0.2, 0.25) is 0 Å². The second kappa shape index (κ2) is 6.82. The number of sulfonamides is 1. The molecule has 2 N–H and O–H groups in total. The van der Waals surface area contributed by atoms with E-state index in [1.807, 2.05) is 11.8 Å². The zero-order valence-electron chi connectivity index (χ0n) is 15.3. The van der Waals surface area contributed by atoms with Crippen LogP contribution in [-0.2, 0) is 21.4 Å². The van der Waals surface area contributed by atoms with E-state index in [4.69, 9.17) is 0 Å². The fourth-order valence-corrected chi connectivity index (χ4v) is 4.39. The summed E-state index contributed by atoms with van der Waals surface area (Å²) < 4.78 is 27.2. The quantitative estimate of drug-likeness (QED) is 0.784. The molecule has 3 heterocycles. The highest BCUT2D eigenvalue weighted by molar-refractivity contribution is 8.00. The van der Waals surface area contributed by atoms with Gasteiger partial charge in [-0.25, -0.2) is 13.1 Å². The number of fused-ring (bicyclic) bond motifs is 1. The van der Waals surface area contributed by atoms with Gasteiger partial charge in [-0.3, -0.25) is 14.0 Å². The molecule has 0 saturated carbocycles. The second-order valence-corrected chi connectivity index (χ2v) is 8.79. The predicted octanol–water partition coefficient (Wildman–Crippen LogP) is 0.893. The molecule has 8 nitrogen and oxygen atoms in total. The third kappa shape index (κ3) is 3.88. The molecule has 9 heteroatoms. The Morgan fingerprint density at radius 3 is 2.52 bits per heavy atom. The number of amides is 1. The van der Waals surface area contributed by atoms with Crippen LogP contribution in [0.4, 0.5) is 0 Å². The third-order valence-electron chi connectivity index (χ3n) is 4.16. The van der Waals surface area contributed by atoms with Gasteiger partial charge >= 0.3 is 0 Å². The first-order chi connectivity index (χ1) is 12.6. The van der Waals surface area contributed by atoms with Crippen LogP contribution in [-0.4, -0.2) is 42.3 Å². The van der Waals surface area contributed by atoms with Crippen LogP contribution in [0.2, 0.25) is 0 Å². The van der Waals surface area contributed by atoms with E-state index in [1.165, 1.54) is 16.5 Å². The van der Waals surface area contributed by atoms with Crippen molar-refractivity contribution < 1.29 is 18.3 Å². The molecule has 0 aliphatic carbocycles. The highest BCUT2D eigenvalue weighted by atomic mass is 32.2. The number of hydrogen-bond donors (Lipinski definition) is 2. The molecular formula is C18H21N3O5S. The summed E-state index contributed by atoms with van der Waals surface area (Å²) in [6, 6.07) is 4.64. The monoisotopic (exact) mass is 391 g/mol. The van der Waals surface area contributed by atoms with Crippen LogP contribution >= 0.6 is 0 Å². The fraction of sp³-hybridized carbons (Fsp3) is 0.333. The highest BCUT2D eigenvalue weighted by Crippen LogP contribution is 2.31. The van der Waals surface area contributed by atoms with Gasteiger partial charge in [0.25, 0.3) is 21.5 Å². The minimum absolute atomic E-state index is 0.0274. The summed E-state index contributed by atoms with van der Waals surface area (Å²) in [6.45, 7) is 5.62. The van der Waals surface area contributed by atoms with Crippen molar-refractivity contribution in [2.75, 3.05) is 13.6 Å². The summed E-state index contributed by atoms with van der Waals surface area (Å²) in [5, 5.41) is 10.2. The van der Waals surface area contributed by atoms with Gasteiger partial charge in [-0.05, 0) is 30.7 Å². The molecule has 0 atom stereocenters. The Labute approximate surface area is 156 Å². The SMILES string of the molecule is CC(C)CN(C)Cc1cc(=O)n2cc(O)c(C3=CC(=O)NS3(=O)=O)cc2c1. The van der Waals surface area contributed by atoms with E-state index < -0.39 is 21.7 Å². The predicted molar refractivity (Wildman–Crippen MR) is 102 cm³/mol. The van der Waals surface area contributed by atoms with E-state index in [0.29, 0.717) is 18.0 Å². The minimum atomic E-state index is -4.03. The summed E-state index contributed by atoms with van der Waals surface area (Å²) in [6.07, 6.45) is 2.08. The molecule has 0 fully saturated rings. The molecule has 0 aromatic carbocycles. The molecule has 0 spiro atoms. The van der Waals surface area contributed by atoms with Gasteiger partial charge in [-0.2, -0.15) is 0 Å². The Kier molecular flexibility index (Phi) is 4.83. The zero-order valence-corrected chi connectivity index (χ0v) is 16.1. The lowest BCUT2D eigenvalue weighted by Crippen LogP contribution is -2.24. The van der Waals surface area contributed by atoms with Crippen LogP contribution in [0.3, 0.4) is 0 Å². The highest BCUT2D eigenvalue weighted by Gasteiger charge is 2.31. The molecule has 0 saturated heterocycles. The van der Waals surface area contributed by atoms with E-state index in [0.717, 1.165) is 24.4 Å². The molecular weight excluding hydrogens is 370 g/mol. The summed E-state index contributed by atoms with van der Waals surface area (Å²) in [5.41, 5.74) is 0.844. The van der Waals surface area contributed by atoms with Gasteiger partial charge in [0.15, 0.2) is 0 Å². The van der Waals surface area contributed by atoms with Crippen molar-refractivity contribution in [3.05, 3.63) is 52.0 Å². The van der Waals surface area contributed by atoms with Gasteiger partial charge in [-0.15, -0.1) is 0 Å². The average molecular weight is 391 g/mol. The molecule has 2 aromatic rings. The molecule has 27 heavy (non-hydrogen) atoms. The maximum absolute atomic E-state index is 12.4. The molecule has 1 aliphatic heterocycles. The van der Waals surface area contributed by atoms with E-state index >= 15 is 0 Å². The first kappa shape index (κ1) is 19.1. The van der Waals surface area contributed by atoms with Crippen molar-refractivity contribution in [2.24, 2.45) is 5.92 Å². The minimum Gasteiger partial charge on any atom is -0.506 e. The second-order valence-electron chi connectivity index (χ2n) is 7.14. The summed E-state index contributed by atoms with van der Waals surface area (Å²) in [4.78, 5) is 25.6. The first-order valence-electron chi connectivity index (χ1n) is 8.42. The Bertz CT molecular complexity index is 1120. The number of aromatic hydroxyl groups is 1. The number of rotatable bonds is 5. The van der Waals surface area contributed by atoms with Crippen molar-refractivity contribution >= 4 is 26.4 Å². The first-order valence-corrected chi connectivity index (χ1v) is 9.91. The molecule has 0 radical (unpaired) electrons. The molecule has 144 valence electrons. The van der Waals surface area contributed by atoms with E-state index in [-0.39, 0.29) is 16.0 Å². The maximum Gasteiger partial charge on any atom is 0.265 e. The molecule has 0 bridgehead atoms. The van der Waals surface area contributed by atoms with Gasteiger partial charge in [0, 0.05) is 36.3 Å². The van der Waals surface area contributed by atoms with Crippen molar-refractivity contribution in [1.29, 1.82) is 0 Å². The zero-order chi connectivity index (χ0) is 19.9. The molecule has 1 amide bonds. The number of carbonyl (C=O) groups is 1. The fourth-order valence-electron chi connectivity index (χ4n) is 3.24. The topological polar surface area (TPSA) is 108 Å². The van der Waals surface area contributed by atoms with Gasteiger partial charge in [0.05, 0.1) is 6.20 Å². The number of nitrogens with one attached hydrogen (secondary N) is 1. The summed E-state index contributed by atoms with van der Waals surface area (Å²) >= 11 is 0. The summed E-state index contributed by atoms with van der Waals surface area (Å²) in [7, 11) is -2.07. The molecule has 2 aromatic heterocycles. The lowest BCUT2D eigenvalue weighted by Gasteiger charge is -2.19.